The van der Waals surface area contributed by atoms with Crippen LogP contribution in [0, 0.1) is 0 Å². The number of phosphoric ester groups is 1. The predicted octanol–water partition coefficient (Wildman–Crippen LogP) is 12.2. The predicted molar refractivity (Wildman–Crippen MR) is 210 cm³/mol. The lowest BCUT2D eigenvalue weighted by Gasteiger charge is -2.19. The third-order valence-corrected chi connectivity index (χ3v) is 9.60. The summed E-state index contributed by atoms with van der Waals surface area (Å²) in [5.74, 6) is -0.301. The fourth-order valence-corrected chi connectivity index (χ4v) is 6.26. The average molecular weight is 728 g/mol. The second-order valence-corrected chi connectivity index (χ2v) is 15.0. The molecule has 0 saturated carbocycles. The number of phosphoric acid groups is 1. The van der Waals surface area contributed by atoms with E-state index in [4.69, 9.17) is 24.3 Å². The molecule has 0 radical (unpaired) electrons. The number of carbonyl (C=O) groups excluding carboxylic acids is 1. The number of allylic oxidation sites excluding steroid dienone is 5. The van der Waals surface area contributed by atoms with Crippen molar-refractivity contribution in [3.8, 4) is 0 Å². The first-order valence-electron chi connectivity index (χ1n) is 20.5. The summed E-state index contributed by atoms with van der Waals surface area (Å²) in [5.41, 5.74) is 5.36. The van der Waals surface area contributed by atoms with Crippen LogP contribution in [0.2, 0.25) is 0 Å². The molecule has 9 heteroatoms. The summed E-state index contributed by atoms with van der Waals surface area (Å²) in [6, 6.07) is 0. The minimum absolute atomic E-state index is 0.0703. The first-order valence-corrected chi connectivity index (χ1v) is 22.0. The maximum absolute atomic E-state index is 12.4. The van der Waals surface area contributed by atoms with Crippen molar-refractivity contribution < 1.29 is 32.8 Å². The van der Waals surface area contributed by atoms with Gasteiger partial charge in [-0.2, -0.15) is 0 Å². The fourth-order valence-electron chi connectivity index (χ4n) is 5.50. The Bertz CT molecular complexity index is 864. The molecule has 0 aliphatic heterocycles. The largest absolute Gasteiger partial charge is 0.492 e. The molecule has 0 heterocycles. The van der Waals surface area contributed by atoms with E-state index in [1.165, 1.54) is 128 Å². The standard InChI is InChI=1S/C41H78NO7P/c1-3-5-7-9-11-13-15-17-19-21-23-25-27-29-31-33-36-46-40(39-49-50(44,45)48-37-35-42)38-47-41(43)34-32-30-28-26-24-22-20-18-16-14-12-10-8-6-4-2/h13,15,18,20,33,36,40H,3-12,14,16-17,19,21-32,34-35,37-39,42H2,1-2H3,(H,44,45)/b15-13-,20-18-,36-33-/t40-/m1/s1. The Balaban J connectivity index is 4.13. The quantitative estimate of drug-likeness (QED) is 0.0211. The number of ether oxygens (including phenoxy) is 2. The minimum atomic E-state index is -4.27. The number of carbonyl (C=O) groups is 1. The molecule has 0 saturated heterocycles. The summed E-state index contributed by atoms with van der Waals surface area (Å²) in [6.45, 7) is 4.18. The van der Waals surface area contributed by atoms with Gasteiger partial charge in [0.05, 0.1) is 19.5 Å². The molecule has 0 rings (SSSR count). The van der Waals surface area contributed by atoms with Gasteiger partial charge in [0.2, 0.25) is 0 Å². The second kappa shape index (κ2) is 38.8. The van der Waals surface area contributed by atoms with Crippen LogP contribution < -0.4 is 5.73 Å². The van der Waals surface area contributed by atoms with Crippen LogP contribution in [0.4, 0.5) is 0 Å². The zero-order valence-electron chi connectivity index (χ0n) is 32.4. The Kier molecular flexibility index (Phi) is 37.7. The van der Waals surface area contributed by atoms with Gasteiger partial charge in [0.1, 0.15) is 6.61 Å². The van der Waals surface area contributed by atoms with E-state index in [0.29, 0.717) is 6.42 Å². The van der Waals surface area contributed by atoms with Crippen molar-refractivity contribution in [1.29, 1.82) is 0 Å². The van der Waals surface area contributed by atoms with Crippen molar-refractivity contribution in [3.05, 3.63) is 36.6 Å². The van der Waals surface area contributed by atoms with E-state index in [1.807, 2.05) is 6.08 Å². The minimum Gasteiger partial charge on any atom is -0.492 e. The van der Waals surface area contributed by atoms with E-state index in [-0.39, 0.29) is 32.3 Å². The molecule has 1 unspecified atom stereocenters. The molecular weight excluding hydrogens is 649 g/mol. The maximum Gasteiger partial charge on any atom is 0.472 e. The molecule has 2 atom stereocenters. The van der Waals surface area contributed by atoms with Gasteiger partial charge in [-0.1, -0.05) is 134 Å². The third kappa shape index (κ3) is 37.8. The normalized spacial score (nSPS) is 13.8. The van der Waals surface area contributed by atoms with Crippen molar-refractivity contribution in [2.75, 3.05) is 26.4 Å². The van der Waals surface area contributed by atoms with Crippen molar-refractivity contribution in [1.82, 2.24) is 0 Å². The lowest BCUT2D eigenvalue weighted by Crippen LogP contribution is -2.25. The Morgan fingerprint density at radius 3 is 1.50 bits per heavy atom. The SMILES string of the molecule is CCCCCC/C=C\CCCCCCCC/C=C\O[C@H](COC(=O)CCCCCCC/C=C\CCCCCCCC)COP(=O)(O)OCCN. The van der Waals surface area contributed by atoms with Gasteiger partial charge in [0, 0.05) is 13.0 Å². The lowest BCUT2D eigenvalue weighted by atomic mass is 10.1. The first kappa shape index (κ1) is 48.6. The van der Waals surface area contributed by atoms with E-state index in [0.717, 1.165) is 38.5 Å². The Hall–Kier alpha value is -1.44. The number of esters is 1. The lowest BCUT2D eigenvalue weighted by molar-refractivity contribution is -0.147. The zero-order valence-corrected chi connectivity index (χ0v) is 33.3. The first-order chi connectivity index (χ1) is 24.4. The summed E-state index contributed by atoms with van der Waals surface area (Å²) in [5, 5.41) is 0. The van der Waals surface area contributed by atoms with Crippen LogP contribution in [0.5, 0.6) is 0 Å². The molecule has 0 aliphatic rings. The Morgan fingerprint density at radius 2 is 1.02 bits per heavy atom. The van der Waals surface area contributed by atoms with Gasteiger partial charge in [-0.15, -0.1) is 0 Å². The van der Waals surface area contributed by atoms with E-state index < -0.39 is 13.9 Å². The molecule has 0 bridgehead atoms. The number of nitrogens with two attached hydrogens (primary N) is 1. The van der Waals surface area contributed by atoms with Crippen molar-refractivity contribution in [2.45, 2.75) is 193 Å². The number of unbranched alkanes of at least 4 members (excludes halogenated alkanes) is 22. The van der Waals surface area contributed by atoms with Crippen LogP contribution in [0.15, 0.2) is 36.6 Å². The van der Waals surface area contributed by atoms with Crippen LogP contribution in [-0.2, 0) is 27.9 Å². The summed E-state index contributed by atoms with van der Waals surface area (Å²) >= 11 is 0. The van der Waals surface area contributed by atoms with E-state index in [9.17, 15) is 14.3 Å². The van der Waals surface area contributed by atoms with Crippen LogP contribution in [-0.4, -0.2) is 43.3 Å². The van der Waals surface area contributed by atoms with Gasteiger partial charge in [-0.05, 0) is 76.7 Å². The van der Waals surface area contributed by atoms with Gasteiger partial charge < -0.3 is 20.1 Å². The summed E-state index contributed by atoms with van der Waals surface area (Å²) < 4.78 is 33.1. The van der Waals surface area contributed by atoms with Gasteiger partial charge in [-0.3, -0.25) is 13.8 Å². The average Bonchev–Trinajstić information content (AvgIpc) is 3.11. The molecule has 3 N–H and O–H groups in total. The van der Waals surface area contributed by atoms with Crippen molar-refractivity contribution >= 4 is 13.8 Å². The summed E-state index contributed by atoms with van der Waals surface area (Å²) in [7, 11) is -4.27. The van der Waals surface area contributed by atoms with Crippen molar-refractivity contribution in [3.63, 3.8) is 0 Å². The highest BCUT2D eigenvalue weighted by atomic mass is 31.2. The van der Waals surface area contributed by atoms with E-state index >= 15 is 0 Å². The van der Waals surface area contributed by atoms with Crippen LogP contribution in [0.3, 0.4) is 0 Å². The Labute approximate surface area is 308 Å². The van der Waals surface area contributed by atoms with Crippen molar-refractivity contribution in [2.24, 2.45) is 5.73 Å². The molecule has 0 amide bonds. The van der Waals surface area contributed by atoms with Crippen LogP contribution in [0.1, 0.15) is 187 Å². The number of rotatable bonds is 39. The molecule has 0 fully saturated rings. The summed E-state index contributed by atoms with van der Waals surface area (Å²) in [4.78, 5) is 22.2. The van der Waals surface area contributed by atoms with Gasteiger partial charge >= 0.3 is 13.8 Å². The summed E-state index contributed by atoms with van der Waals surface area (Å²) in [6.07, 6.45) is 44.0. The highest BCUT2D eigenvalue weighted by Gasteiger charge is 2.24. The molecule has 50 heavy (non-hydrogen) atoms. The monoisotopic (exact) mass is 728 g/mol. The fraction of sp³-hybridized carbons (Fsp3) is 0.829. The molecule has 8 nitrogen and oxygen atoms in total. The van der Waals surface area contributed by atoms with Crippen LogP contribution >= 0.6 is 7.82 Å². The second-order valence-electron chi connectivity index (χ2n) is 13.6. The van der Waals surface area contributed by atoms with Crippen LogP contribution in [0.25, 0.3) is 0 Å². The van der Waals surface area contributed by atoms with Gasteiger partial charge in [0.25, 0.3) is 0 Å². The third-order valence-electron chi connectivity index (χ3n) is 8.62. The molecule has 0 aromatic rings. The molecule has 0 aromatic heterocycles. The maximum atomic E-state index is 12.4. The molecule has 0 spiro atoms. The number of hydrogen-bond donors (Lipinski definition) is 2. The smallest absolute Gasteiger partial charge is 0.472 e. The van der Waals surface area contributed by atoms with E-state index in [2.05, 4.69) is 38.2 Å². The Morgan fingerprint density at radius 1 is 0.600 bits per heavy atom. The zero-order chi connectivity index (χ0) is 36.6. The van der Waals surface area contributed by atoms with E-state index in [1.54, 1.807) is 6.26 Å². The highest BCUT2D eigenvalue weighted by Crippen LogP contribution is 2.43. The molecule has 0 aromatic carbocycles. The highest BCUT2D eigenvalue weighted by molar-refractivity contribution is 7.47. The topological polar surface area (TPSA) is 117 Å². The number of hydrogen-bond acceptors (Lipinski definition) is 7. The van der Waals surface area contributed by atoms with Gasteiger partial charge in [-0.25, -0.2) is 4.57 Å². The molecular formula is C41H78NO7P. The molecule has 294 valence electrons. The molecule has 0 aliphatic carbocycles. The van der Waals surface area contributed by atoms with Gasteiger partial charge in [0.15, 0.2) is 6.10 Å².